The first-order valence-electron chi connectivity index (χ1n) is 4.38. The summed E-state index contributed by atoms with van der Waals surface area (Å²) in [5.41, 5.74) is 7.29. The first kappa shape index (κ1) is 12.7. The summed E-state index contributed by atoms with van der Waals surface area (Å²) in [6.07, 6.45) is 0.943. The predicted octanol–water partition coefficient (Wildman–Crippen LogP) is 0.597. The normalized spacial score (nSPS) is 10.1. The van der Waals surface area contributed by atoms with Crippen molar-refractivity contribution in [3.8, 4) is 0 Å². The maximum atomic E-state index is 11.5. The molecular weight excluding hydrogens is 244 g/mol. The van der Waals surface area contributed by atoms with Crippen molar-refractivity contribution < 1.29 is 9.72 Å². The van der Waals surface area contributed by atoms with Crippen LogP contribution in [0.15, 0.2) is 29.4 Å². The van der Waals surface area contributed by atoms with Gasteiger partial charge in [0.15, 0.2) is 5.11 Å². The quantitative estimate of drug-likeness (QED) is 0.267. The van der Waals surface area contributed by atoms with Crippen molar-refractivity contribution in [1.29, 1.82) is 0 Å². The summed E-state index contributed by atoms with van der Waals surface area (Å²) in [6.45, 7) is 0. The number of carbonyl (C=O) groups excluding carboxylic acids is 1. The fourth-order valence-corrected chi connectivity index (χ4v) is 1.05. The smallest absolute Gasteiger partial charge is 0.270 e. The van der Waals surface area contributed by atoms with E-state index in [1.54, 1.807) is 0 Å². The highest BCUT2D eigenvalue weighted by Gasteiger charge is 2.09. The molecule has 0 spiro atoms. The third kappa shape index (κ3) is 3.95. The first-order chi connectivity index (χ1) is 8.00. The topological polar surface area (TPSA) is 111 Å². The number of nitrogens with zero attached hydrogens (tertiary/aromatic N) is 2. The Morgan fingerprint density at radius 2 is 2.29 bits per heavy atom. The predicted molar refractivity (Wildman–Crippen MR) is 65.8 cm³/mol. The molecule has 0 radical (unpaired) electrons. The zero-order chi connectivity index (χ0) is 12.8. The number of benzene rings is 1. The van der Waals surface area contributed by atoms with Crippen molar-refractivity contribution in [2.45, 2.75) is 0 Å². The second-order valence-electron chi connectivity index (χ2n) is 2.91. The average molecular weight is 252 g/mol. The van der Waals surface area contributed by atoms with E-state index in [-0.39, 0.29) is 16.4 Å². The van der Waals surface area contributed by atoms with Crippen LogP contribution in [0.3, 0.4) is 0 Å². The zero-order valence-electron chi connectivity index (χ0n) is 8.49. The van der Waals surface area contributed by atoms with Gasteiger partial charge in [-0.05, 0) is 12.2 Å². The molecule has 7 nitrogen and oxygen atoms in total. The lowest BCUT2D eigenvalue weighted by Gasteiger charge is -1.96. The van der Waals surface area contributed by atoms with Crippen LogP contribution in [0.5, 0.6) is 0 Å². The van der Waals surface area contributed by atoms with Gasteiger partial charge in [-0.2, -0.15) is 5.10 Å². The number of hydrogen-bond donors (Lipinski definition) is 2. The van der Waals surface area contributed by atoms with Gasteiger partial charge >= 0.3 is 0 Å². The molecule has 0 heterocycles. The SMILES string of the molecule is NC(=S)N/N=C/C(=O)c1cccc([N+](=O)[O-])c1. The molecule has 1 aromatic rings. The van der Waals surface area contributed by atoms with E-state index in [1.807, 2.05) is 0 Å². The fraction of sp³-hybridized carbons (Fsp3) is 0. The molecule has 8 heteroatoms. The summed E-state index contributed by atoms with van der Waals surface area (Å²) in [4.78, 5) is 21.4. The Morgan fingerprint density at radius 3 is 2.88 bits per heavy atom. The lowest BCUT2D eigenvalue weighted by Crippen LogP contribution is -2.24. The molecule has 0 saturated carbocycles. The summed E-state index contributed by atoms with van der Waals surface area (Å²) in [5.74, 6) is -0.488. The lowest BCUT2D eigenvalue weighted by molar-refractivity contribution is -0.384. The van der Waals surface area contributed by atoms with Crippen LogP contribution in [0, 0.1) is 10.1 Å². The minimum atomic E-state index is -0.582. The average Bonchev–Trinajstić information content (AvgIpc) is 2.28. The molecule has 3 N–H and O–H groups in total. The van der Waals surface area contributed by atoms with Gasteiger partial charge in [-0.25, -0.2) is 0 Å². The third-order valence-corrected chi connectivity index (χ3v) is 1.79. The van der Waals surface area contributed by atoms with E-state index in [1.165, 1.54) is 18.2 Å². The molecule has 0 aliphatic rings. The summed E-state index contributed by atoms with van der Waals surface area (Å²) in [5, 5.41) is 13.9. The van der Waals surface area contributed by atoms with Crippen LogP contribution < -0.4 is 11.2 Å². The molecule has 0 saturated heterocycles. The van der Waals surface area contributed by atoms with E-state index in [0.29, 0.717) is 0 Å². The molecule has 88 valence electrons. The molecule has 1 rings (SSSR count). The van der Waals surface area contributed by atoms with E-state index in [0.717, 1.165) is 12.3 Å². The van der Waals surface area contributed by atoms with E-state index in [9.17, 15) is 14.9 Å². The molecular formula is C9H8N4O3S. The molecule has 0 atom stereocenters. The van der Waals surface area contributed by atoms with Crippen molar-refractivity contribution in [3.05, 3.63) is 39.9 Å². The van der Waals surface area contributed by atoms with Gasteiger partial charge < -0.3 is 5.73 Å². The maximum Gasteiger partial charge on any atom is 0.270 e. The molecule has 1 aromatic carbocycles. The van der Waals surface area contributed by atoms with Crippen LogP contribution in [0.1, 0.15) is 10.4 Å². The zero-order valence-corrected chi connectivity index (χ0v) is 9.31. The molecule has 0 amide bonds. The minimum absolute atomic E-state index is 0.0758. The summed E-state index contributed by atoms with van der Waals surface area (Å²) in [6, 6.07) is 5.32. The second kappa shape index (κ2) is 5.66. The molecule has 0 bridgehead atoms. The van der Waals surface area contributed by atoms with Crippen LogP contribution in [0.25, 0.3) is 0 Å². The van der Waals surface area contributed by atoms with Crippen LogP contribution in [0.2, 0.25) is 0 Å². The highest BCUT2D eigenvalue weighted by Crippen LogP contribution is 2.12. The Morgan fingerprint density at radius 1 is 1.59 bits per heavy atom. The van der Waals surface area contributed by atoms with Gasteiger partial charge in [0.25, 0.3) is 5.69 Å². The van der Waals surface area contributed by atoms with E-state index >= 15 is 0 Å². The molecule has 0 fully saturated rings. The number of nitro benzene ring substituents is 1. The third-order valence-electron chi connectivity index (χ3n) is 1.70. The van der Waals surface area contributed by atoms with Gasteiger partial charge in [-0.15, -0.1) is 0 Å². The Labute approximate surface area is 101 Å². The van der Waals surface area contributed by atoms with Gasteiger partial charge in [0.1, 0.15) is 0 Å². The largest absolute Gasteiger partial charge is 0.375 e. The summed E-state index contributed by atoms with van der Waals surface area (Å²) >= 11 is 4.47. The monoisotopic (exact) mass is 252 g/mol. The Bertz CT molecular complexity index is 501. The lowest BCUT2D eigenvalue weighted by atomic mass is 10.1. The van der Waals surface area contributed by atoms with Crippen LogP contribution in [-0.2, 0) is 0 Å². The Kier molecular flexibility index (Phi) is 4.23. The molecule has 0 unspecified atom stereocenters. The fourth-order valence-electron chi connectivity index (χ4n) is 1.00. The molecule has 0 aliphatic heterocycles. The molecule has 0 aromatic heterocycles. The van der Waals surface area contributed by atoms with Gasteiger partial charge in [-0.3, -0.25) is 20.3 Å². The Balaban J connectivity index is 2.82. The number of rotatable bonds is 4. The van der Waals surface area contributed by atoms with E-state index in [2.05, 4.69) is 22.7 Å². The first-order valence-corrected chi connectivity index (χ1v) is 4.79. The molecule has 17 heavy (non-hydrogen) atoms. The van der Waals surface area contributed by atoms with Crippen molar-refractivity contribution in [3.63, 3.8) is 0 Å². The van der Waals surface area contributed by atoms with Crippen molar-refractivity contribution in [2.24, 2.45) is 10.8 Å². The number of nitro groups is 1. The van der Waals surface area contributed by atoms with E-state index < -0.39 is 10.7 Å². The van der Waals surface area contributed by atoms with Gasteiger partial charge in [-0.1, -0.05) is 12.1 Å². The van der Waals surface area contributed by atoms with Gasteiger partial charge in [0, 0.05) is 17.7 Å². The second-order valence-corrected chi connectivity index (χ2v) is 3.35. The Hall–Kier alpha value is -2.35. The number of carbonyl (C=O) groups is 1. The van der Waals surface area contributed by atoms with Crippen molar-refractivity contribution in [1.82, 2.24) is 5.43 Å². The number of thiocarbonyl (C=S) groups is 1. The standard InChI is InChI=1S/C9H8N4O3S/c10-9(17)12-11-5-8(14)6-2-1-3-7(4-6)13(15)16/h1-5H,(H3,10,12,17)/b11-5+. The number of non-ortho nitro benzene ring substituents is 1. The maximum absolute atomic E-state index is 11.5. The number of hydrazone groups is 1. The summed E-state index contributed by atoms with van der Waals surface area (Å²) in [7, 11) is 0. The van der Waals surface area contributed by atoms with Crippen LogP contribution in [0.4, 0.5) is 5.69 Å². The van der Waals surface area contributed by atoms with E-state index in [4.69, 9.17) is 5.73 Å². The summed E-state index contributed by atoms with van der Waals surface area (Å²) < 4.78 is 0. The van der Waals surface area contributed by atoms with Crippen LogP contribution in [-0.4, -0.2) is 22.0 Å². The highest BCUT2D eigenvalue weighted by molar-refractivity contribution is 7.80. The minimum Gasteiger partial charge on any atom is -0.375 e. The van der Waals surface area contributed by atoms with Crippen molar-refractivity contribution in [2.75, 3.05) is 0 Å². The van der Waals surface area contributed by atoms with Gasteiger partial charge in [0.2, 0.25) is 5.78 Å². The van der Waals surface area contributed by atoms with Crippen molar-refractivity contribution >= 4 is 35.0 Å². The number of hydrogen-bond acceptors (Lipinski definition) is 5. The number of ketones is 1. The number of nitrogens with one attached hydrogen (secondary N) is 1. The van der Waals surface area contributed by atoms with Gasteiger partial charge in [0.05, 0.1) is 11.1 Å². The molecule has 0 aliphatic carbocycles. The number of Topliss-reactive ketones (excluding diaryl/α,β-unsaturated/α-hetero) is 1. The van der Waals surface area contributed by atoms with Crippen LogP contribution >= 0.6 is 12.2 Å². The highest BCUT2D eigenvalue weighted by atomic mass is 32.1. The number of nitrogens with two attached hydrogens (primary N) is 1.